The van der Waals surface area contributed by atoms with Crippen LogP contribution in [0, 0.1) is 0 Å². The first-order chi connectivity index (χ1) is 12.1. The van der Waals surface area contributed by atoms with E-state index >= 15 is 0 Å². The third-order valence-corrected chi connectivity index (χ3v) is 3.90. The number of benzene rings is 2. The maximum absolute atomic E-state index is 12.1. The molecule has 0 saturated heterocycles. The molecule has 2 aromatic rings. The summed E-state index contributed by atoms with van der Waals surface area (Å²) in [5.41, 5.74) is 6.96. The van der Waals surface area contributed by atoms with Gasteiger partial charge in [-0.1, -0.05) is 23.7 Å². The van der Waals surface area contributed by atoms with E-state index in [2.05, 4.69) is 5.32 Å². The van der Waals surface area contributed by atoms with Crippen molar-refractivity contribution in [3.05, 3.63) is 58.6 Å². The Morgan fingerprint density at radius 2 is 1.85 bits per heavy atom. The molecule has 2 rings (SSSR count). The lowest BCUT2D eigenvalue weighted by molar-refractivity contribution is 0.0952. The second-order valence-corrected chi connectivity index (χ2v) is 5.97. The number of rotatable bonds is 9. The minimum Gasteiger partial charge on any atom is -0.493 e. The molecule has 0 unspecified atom stereocenters. The van der Waals surface area contributed by atoms with Crippen LogP contribution in [0.5, 0.6) is 11.5 Å². The topological polar surface area (TPSA) is 73.6 Å². The highest BCUT2D eigenvalue weighted by atomic mass is 35.5. The second kappa shape index (κ2) is 11.6. The van der Waals surface area contributed by atoms with Crippen LogP contribution in [0.4, 0.5) is 0 Å². The van der Waals surface area contributed by atoms with Crippen LogP contribution in [-0.4, -0.2) is 26.1 Å². The van der Waals surface area contributed by atoms with Gasteiger partial charge in [0, 0.05) is 17.1 Å². The number of halogens is 2. The van der Waals surface area contributed by atoms with Crippen molar-refractivity contribution in [3.63, 3.8) is 0 Å². The first-order valence-corrected chi connectivity index (χ1v) is 8.55. The summed E-state index contributed by atoms with van der Waals surface area (Å²) in [7, 11) is 1.55. The Labute approximate surface area is 165 Å². The molecule has 1 amide bonds. The van der Waals surface area contributed by atoms with E-state index in [1.807, 2.05) is 24.3 Å². The van der Waals surface area contributed by atoms with E-state index in [0.29, 0.717) is 41.8 Å². The molecule has 142 valence electrons. The van der Waals surface area contributed by atoms with E-state index in [-0.39, 0.29) is 18.3 Å². The van der Waals surface area contributed by atoms with Crippen molar-refractivity contribution >= 4 is 29.9 Å². The number of ether oxygens (including phenoxy) is 2. The van der Waals surface area contributed by atoms with E-state index < -0.39 is 0 Å². The molecule has 2 aromatic carbocycles. The smallest absolute Gasteiger partial charge is 0.251 e. The number of methoxy groups -OCH3 is 1. The van der Waals surface area contributed by atoms with Gasteiger partial charge in [0.05, 0.1) is 7.11 Å². The normalized spacial score (nSPS) is 9.96. The molecular formula is C19H24Cl2N2O3. The van der Waals surface area contributed by atoms with Crippen LogP contribution >= 0.6 is 24.0 Å². The number of amides is 1. The van der Waals surface area contributed by atoms with E-state index in [0.717, 1.165) is 18.4 Å². The summed E-state index contributed by atoms with van der Waals surface area (Å²) in [6.45, 7) is 1.62. The number of nitrogens with two attached hydrogens (primary N) is 1. The molecule has 0 fully saturated rings. The van der Waals surface area contributed by atoms with Gasteiger partial charge in [-0.15, -0.1) is 12.4 Å². The molecular weight excluding hydrogens is 375 g/mol. The molecule has 26 heavy (non-hydrogen) atoms. The molecule has 0 radical (unpaired) electrons. The lowest BCUT2D eigenvalue weighted by atomic mass is 10.2. The Hall–Kier alpha value is -1.95. The van der Waals surface area contributed by atoms with E-state index in [9.17, 15) is 4.79 Å². The van der Waals surface area contributed by atoms with Crippen LogP contribution in [0.2, 0.25) is 5.02 Å². The van der Waals surface area contributed by atoms with Crippen molar-refractivity contribution < 1.29 is 14.3 Å². The van der Waals surface area contributed by atoms with Gasteiger partial charge in [-0.2, -0.15) is 0 Å². The predicted octanol–water partition coefficient (Wildman–Crippen LogP) is 3.82. The Morgan fingerprint density at radius 1 is 1.12 bits per heavy atom. The summed E-state index contributed by atoms with van der Waals surface area (Å²) in [5, 5.41) is 3.55. The molecule has 0 bridgehead atoms. The fraction of sp³-hybridized carbons (Fsp3) is 0.316. The third kappa shape index (κ3) is 6.75. The molecule has 0 spiro atoms. The minimum absolute atomic E-state index is 0. The fourth-order valence-corrected chi connectivity index (χ4v) is 2.37. The molecule has 7 heteroatoms. The van der Waals surface area contributed by atoms with Gasteiger partial charge in [0.25, 0.3) is 5.91 Å². The van der Waals surface area contributed by atoms with Crippen molar-refractivity contribution in [3.8, 4) is 11.5 Å². The molecule has 0 heterocycles. The molecule has 5 nitrogen and oxygen atoms in total. The van der Waals surface area contributed by atoms with Crippen molar-refractivity contribution in [2.45, 2.75) is 19.4 Å². The largest absolute Gasteiger partial charge is 0.493 e. The first kappa shape index (κ1) is 22.1. The quantitative estimate of drug-likeness (QED) is 0.629. The number of hydrogen-bond donors (Lipinski definition) is 2. The summed E-state index contributed by atoms with van der Waals surface area (Å²) < 4.78 is 11.1. The van der Waals surface area contributed by atoms with Crippen LogP contribution in [0.1, 0.15) is 28.8 Å². The molecule has 0 aliphatic carbocycles. The van der Waals surface area contributed by atoms with Crippen molar-refractivity contribution in [1.29, 1.82) is 0 Å². The van der Waals surface area contributed by atoms with Gasteiger partial charge in [0.1, 0.15) is 6.61 Å². The summed E-state index contributed by atoms with van der Waals surface area (Å²) in [6.07, 6.45) is 1.75. The van der Waals surface area contributed by atoms with Gasteiger partial charge < -0.3 is 20.5 Å². The predicted molar refractivity (Wildman–Crippen MR) is 107 cm³/mol. The number of carbonyl (C=O) groups excluding carboxylic acids is 1. The Morgan fingerprint density at radius 3 is 2.50 bits per heavy atom. The highest BCUT2D eigenvalue weighted by Gasteiger charge is 2.11. The van der Waals surface area contributed by atoms with Gasteiger partial charge in [0.15, 0.2) is 11.5 Å². The van der Waals surface area contributed by atoms with Crippen LogP contribution in [-0.2, 0) is 6.61 Å². The highest BCUT2D eigenvalue weighted by molar-refractivity contribution is 6.30. The molecule has 0 atom stereocenters. The molecule has 0 aliphatic rings. The average Bonchev–Trinajstić information content (AvgIpc) is 2.64. The zero-order valence-electron chi connectivity index (χ0n) is 14.7. The van der Waals surface area contributed by atoms with E-state index in [4.69, 9.17) is 26.8 Å². The van der Waals surface area contributed by atoms with Crippen LogP contribution in [0.15, 0.2) is 42.5 Å². The van der Waals surface area contributed by atoms with Gasteiger partial charge in [-0.25, -0.2) is 0 Å². The lowest BCUT2D eigenvalue weighted by Crippen LogP contribution is -2.24. The number of hydrogen-bond acceptors (Lipinski definition) is 4. The molecule has 0 saturated carbocycles. The Kier molecular flexibility index (Phi) is 9.88. The SMILES string of the molecule is COc1cc(C(=O)NCCCCN)ccc1OCc1ccc(Cl)cc1.Cl. The van der Waals surface area contributed by atoms with Crippen molar-refractivity contribution in [1.82, 2.24) is 5.32 Å². The summed E-state index contributed by atoms with van der Waals surface area (Å²) >= 11 is 5.87. The number of nitrogens with one attached hydrogen (secondary N) is 1. The highest BCUT2D eigenvalue weighted by Crippen LogP contribution is 2.29. The first-order valence-electron chi connectivity index (χ1n) is 8.17. The van der Waals surface area contributed by atoms with Gasteiger partial charge in [-0.05, 0) is 55.3 Å². The monoisotopic (exact) mass is 398 g/mol. The Bertz CT molecular complexity index is 694. The van der Waals surface area contributed by atoms with E-state index in [1.54, 1.807) is 25.3 Å². The Balaban J connectivity index is 0.00000338. The standard InChI is InChI=1S/C19H23ClN2O3.ClH/c1-24-18-12-15(19(23)22-11-3-2-10-21)6-9-17(18)25-13-14-4-7-16(20)8-5-14;/h4-9,12H,2-3,10-11,13,21H2,1H3,(H,22,23);1H. The fourth-order valence-electron chi connectivity index (χ4n) is 2.24. The summed E-state index contributed by atoms with van der Waals surface area (Å²) in [6, 6.07) is 12.6. The van der Waals surface area contributed by atoms with E-state index in [1.165, 1.54) is 0 Å². The molecule has 3 N–H and O–H groups in total. The van der Waals surface area contributed by atoms with Gasteiger partial charge in [0.2, 0.25) is 0 Å². The summed E-state index contributed by atoms with van der Waals surface area (Å²) in [5.74, 6) is 0.959. The second-order valence-electron chi connectivity index (χ2n) is 5.53. The lowest BCUT2D eigenvalue weighted by Gasteiger charge is -2.12. The zero-order valence-corrected chi connectivity index (χ0v) is 16.2. The number of unbranched alkanes of at least 4 members (excludes halogenated alkanes) is 1. The number of carbonyl (C=O) groups is 1. The van der Waals surface area contributed by atoms with Gasteiger partial charge in [-0.3, -0.25) is 4.79 Å². The van der Waals surface area contributed by atoms with Crippen LogP contribution in [0.3, 0.4) is 0 Å². The third-order valence-electron chi connectivity index (χ3n) is 3.65. The van der Waals surface area contributed by atoms with Gasteiger partial charge >= 0.3 is 0 Å². The summed E-state index contributed by atoms with van der Waals surface area (Å²) in [4.78, 5) is 12.1. The maximum atomic E-state index is 12.1. The minimum atomic E-state index is -0.139. The molecule has 0 aliphatic heterocycles. The average molecular weight is 399 g/mol. The van der Waals surface area contributed by atoms with Crippen LogP contribution in [0.25, 0.3) is 0 Å². The van der Waals surface area contributed by atoms with Crippen molar-refractivity contribution in [2.75, 3.05) is 20.2 Å². The zero-order chi connectivity index (χ0) is 18.1. The van der Waals surface area contributed by atoms with Crippen LogP contribution < -0.4 is 20.5 Å². The maximum Gasteiger partial charge on any atom is 0.251 e. The molecule has 0 aromatic heterocycles. The van der Waals surface area contributed by atoms with Crippen molar-refractivity contribution in [2.24, 2.45) is 5.73 Å².